The molecule has 0 spiro atoms. The van der Waals surface area contributed by atoms with Gasteiger partial charge >= 0.3 is 0 Å². The zero-order chi connectivity index (χ0) is 8.04. The zero-order valence-corrected chi connectivity index (χ0v) is 6.98. The summed E-state index contributed by atoms with van der Waals surface area (Å²) in [5, 5.41) is 11.9. The summed E-state index contributed by atoms with van der Waals surface area (Å²) in [5.74, 6) is 0. The lowest BCUT2D eigenvalue weighted by Gasteiger charge is -2.26. The molecule has 0 aromatic carbocycles. The molecule has 0 radical (unpaired) electrons. The van der Waals surface area contributed by atoms with Gasteiger partial charge in [-0.2, -0.15) is 0 Å². The van der Waals surface area contributed by atoms with E-state index in [0.29, 0.717) is 6.61 Å². The molecule has 3 nitrogen and oxygen atoms in total. The van der Waals surface area contributed by atoms with E-state index in [4.69, 9.17) is 9.84 Å². The van der Waals surface area contributed by atoms with E-state index in [9.17, 15) is 0 Å². The van der Waals surface area contributed by atoms with E-state index in [-0.39, 0.29) is 12.1 Å². The van der Waals surface area contributed by atoms with Crippen LogP contribution < -0.4 is 5.32 Å². The third-order valence-electron chi connectivity index (χ3n) is 1.81. The molecule has 0 aromatic rings. The zero-order valence-electron chi connectivity index (χ0n) is 6.98. The molecule has 0 aliphatic carbocycles. The standard InChI is InChI=1S/C7H17NO2/c1-7(6-9,8-2)4-5-10-3/h8-9H,4-6H2,1-3H3. The van der Waals surface area contributed by atoms with Crippen LogP contribution in [0.2, 0.25) is 0 Å². The Hall–Kier alpha value is -0.120. The quantitative estimate of drug-likeness (QED) is 0.575. The molecule has 2 N–H and O–H groups in total. The van der Waals surface area contributed by atoms with Crippen LogP contribution in [0.15, 0.2) is 0 Å². The number of hydrogen-bond acceptors (Lipinski definition) is 3. The maximum Gasteiger partial charge on any atom is 0.0611 e. The lowest BCUT2D eigenvalue weighted by Crippen LogP contribution is -2.44. The first kappa shape index (κ1) is 9.88. The van der Waals surface area contributed by atoms with E-state index in [2.05, 4.69) is 5.32 Å². The van der Waals surface area contributed by atoms with Crippen molar-refractivity contribution < 1.29 is 9.84 Å². The largest absolute Gasteiger partial charge is 0.394 e. The van der Waals surface area contributed by atoms with Crippen molar-refractivity contribution in [1.29, 1.82) is 0 Å². The van der Waals surface area contributed by atoms with Gasteiger partial charge in [0, 0.05) is 19.3 Å². The smallest absolute Gasteiger partial charge is 0.0611 e. The van der Waals surface area contributed by atoms with E-state index in [0.717, 1.165) is 6.42 Å². The van der Waals surface area contributed by atoms with Gasteiger partial charge in [0.1, 0.15) is 0 Å². The molecule has 10 heavy (non-hydrogen) atoms. The van der Waals surface area contributed by atoms with Crippen molar-refractivity contribution in [3.63, 3.8) is 0 Å². The lowest BCUT2D eigenvalue weighted by molar-refractivity contribution is 0.121. The van der Waals surface area contributed by atoms with Crippen LogP contribution in [0, 0.1) is 0 Å². The highest BCUT2D eigenvalue weighted by Gasteiger charge is 2.19. The van der Waals surface area contributed by atoms with E-state index in [1.54, 1.807) is 7.11 Å². The van der Waals surface area contributed by atoms with E-state index >= 15 is 0 Å². The second-order valence-electron chi connectivity index (χ2n) is 2.71. The molecule has 0 aliphatic heterocycles. The second-order valence-corrected chi connectivity index (χ2v) is 2.71. The summed E-state index contributed by atoms with van der Waals surface area (Å²) in [4.78, 5) is 0. The van der Waals surface area contributed by atoms with Gasteiger partial charge in [0.2, 0.25) is 0 Å². The molecular formula is C7H17NO2. The molecule has 0 heterocycles. The first-order chi connectivity index (χ1) is 4.68. The van der Waals surface area contributed by atoms with Gasteiger partial charge in [-0.1, -0.05) is 0 Å². The molecule has 0 aromatic heterocycles. The van der Waals surface area contributed by atoms with Gasteiger partial charge < -0.3 is 15.2 Å². The maximum atomic E-state index is 8.89. The molecule has 0 bridgehead atoms. The van der Waals surface area contributed by atoms with Gasteiger partial charge in [-0.3, -0.25) is 0 Å². The predicted octanol–water partition coefficient (Wildman–Crippen LogP) is -0.00670. The van der Waals surface area contributed by atoms with Crippen molar-refractivity contribution in [2.24, 2.45) is 0 Å². The molecule has 0 fully saturated rings. The number of aliphatic hydroxyl groups is 1. The molecule has 1 atom stereocenters. The summed E-state index contributed by atoms with van der Waals surface area (Å²) >= 11 is 0. The average Bonchev–Trinajstić information content (AvgIpc) is 2.00. The summed E-state index contributed by atoms with van der Waals surface area (Å²) in [5.41, 5.74) is -0.185. The van der Waals surface area contributed by atoms with Gasteiger partial charge in [-0.15, -0.1) is 0 Å². The minimum Gasteiger partial charge on any atom is -0.394 e. The number of hydrogen-bond donors (Lipinski definition) is 2. The van der Waals surface area contributed by atoms with E-state index in [1.165, 1.54) is 0 Å². The van der Waals surface area contributed by atoms with Crippen LogP contribution in [0.4, 0.5) is 0 Å². The molecule has 1 unspecified atom stereocenters. The summed E-state index contributed by atoms with van der Waals surface area (Å²) in [6.45, 7) is 2.79. The molecule has 0 amide bonds. The lowest BCUT2D eigenvalue weighted by atomic mass is 10.0. The number of ether oxygens (including phenoxy) is 1. The summed E-state index contributed by atoms with van der Waals surface area (Å²) < 4.78 is 4.89. The van der Waals surface area contributed by atoms with Crippen molar-refractivity contribution in [3.05, 3.63) is 0 Å². The third kappa shape index (κ3) is 3.15. The normalized spacial score (nSPS) is 16.8. The number of nitrogens with one attached hydrogen (secondary N) is 1. The molecule has 0 saturated carbocycles. The van der Waals surface area contributed by atoms with Gasteiger partial charge in [0.05, 0.1) is 6.61 Å². The predicted molar refractivity (Wildman–Crippen MR) is 41.0 cm³/mol. The van der Waals surface area contributed by atoms with Gasteiger partial charge in [-0.05, 0) is 20.4 Å². The fourth-order valence-electron chi connectivity index (χ4n) is 0.610. The van der Waals surface area contributed by atoms with Gasteiger partial charge in [0.15, 0.2) is 0 Å². The Morgan fingerprint density at radius 3 is 2.50 bits per heavy atom. The molecule has 3 heteroatoms. The van der Waals surface area contributed by atoms with Crippen molar-refractivity contribution in [2.75, 3.05) is 27.4 Å². The van der Waals surface area contributed by atoms with Crippen molar-refractivity contribution in [2.45, 2.75) is 18.9 Å². The Bertz CT molecular complexity index is 81.7. The van der Waals surface area contributed by atoms with Crippen LogP contribution in [0.25, 0.3) is 0 Å². The van der Waals surface area contributed by atoms with Crippen LogP contribution >= 0.6 is 0 Å². The Balaban J connectivity index is 3.58. The van der Waals surface area contributed by atoms with Crippen LogP contribution in [0.5, 0.6) is 0 Å². The summed E-state index contributed by atoms with van der Waals surface area (Å²) in [7, 11) is 3.50. The first-order valence-corrected chi connectivity index (χ1v) is 3.47. The van der Waals surface area contributed by atoms with Crippen LogP contribution in [0.3, 0.4) is 0 Å². The van der Waals surface area contributed by atoms with Crippen LogP contribution in [-0.4, -0.2) is 38.0 Å². The topological polar surface area (TPSA) is 41.5 Å². The fourth-order valence-corrected chi connectivity index (χ4v) is 0.610. The molecule has 0 saturated heterocycles. The van der Waals surface area contributed by atoms with E-state index < -0.39 is 0 Å². The number of likely N-dealkylation sites (N-methyl/N-ethyl adjacent to an activating group) is 1. The molecule has 0 aliphatic rings. The highest BCUT2D eigenvalue weighted by Crippen LogP contribution is 2.06. The Kier molecular flexibility index (Phi) is 4.60. The highest BCUT2D eigenvalue weighted by molar-refractivity contribution is 4.79. The average molecular weight is 147 g/mol. The second kappa shape index (κ2) is 4.66. The minimum absolute atomic E-state index is 0.146. The Labute approximate surface area is 62.4 Å². The molecule has 0 rings (SSSR count). The Morgan fingerprint density at radius 2 is 2.20 bits per heavy atom. The SMILES string of the molecule is CNC(C)(CO)CCOC. The number of methoxy groups -OCH3 is 1. The monoisotopic (exact) mass is 147 g/mol. The van der Waals surface area contributed by atoms with Crippen LogP contribution in [-0.2, 0) is 4.74 Å². The molecule has 62 valence electrons. The fraction of sp³-hybridized carbons (Fsp3) is 1.00. The van der Waals surface area contributed by atoms with Gasteiger partial charge in [-0.25, -0.2) is 0 Å². The Morgan fingerprint density at radius 1 is 1.60 bits per heavy atom. The highest BCUT2D eigenvalue weighted by atomic mass is 16.5. The third-order valence-corrected chi connectivity index (χ3v) is 1.81. The number of rotatable bonds is 5. The van der Waals surface area contributed by atoms with Crippen molar-refractivity contribution in [3.8, 4) is 0 Å². The van der Waals surface area contributed by atoms with Crippen molar-refractivity contribution >= 4 is 0 Å². The summed E-state index contributed by atoms with van der Waals surface area (Å²) in [6, 6.07) is 0. The maximum absolute atomic E-state index is 8.89. The van der Waals surface area contributed by atoms with E-state index in [1.807, 2.05) is 14.0 Å². The first-order valence-electron chi connectivity index (χ1n) is 3.47. The minimum atomic E-state index is -0.185. The molecular weight excluding hydrogens is 130 g/mol. The summed E-state index contributed by atoms with van der Waals surface area (Å²) in [6.07, 6.45) is 0.830. The van der Waals surface area contributed by atoms with Crippen molar-refractivity contribution in [1.82, 2.24) is 5.32 Å². The van der Waals surface area contributed by atoms with Gasteiger partial charge in [0.25, 0.3) is 0 Å². The number of aliphatic hydroxyl groups excluding tert-OH is 1. The van der Waals surface area contributed by atoms with Crippen LogP contribution in [0.1, 0.15) is 13.3 Å².